The second-order valence-electron chi connectivity index (χ2n) is 9.36. The van der Waals surface area contributed by atoms with E-state index in [1.54, 1.807) is 6.20 Å². The first-order valence-electron chi connectivity index (χ1n) is 12.1. The van der Waals surface area contributed by atoms with E-state index in [1.807, 2.05) is 12.3 Å². The van der Waals surface area contributed by atoms with Crippen molar-refractivity contribution < 1.29 is 55.6 Å². The monoisotopic (exact) mass is 580 g/mol. The molecule has 222 valence electrons. The van der Waals surface area contributed by atoms with Crippen LogP contribution < -0.4 is 0 Å². The molecular weight excluding hydrogens is 550 g/mol. The molecule has 0 saturated carbocycles. The van der Waals surface area contributed by atoms with Crippen LogP contribution in [-0.2, 0) is 32.2 Å². The van der Waals surface area contributed by atoms with Crippen molar-refractivity contribution in [2.45, 2.75) is 63.4 Å². The maximum Gasteiger partial charge on any atom is 0.490 e. The molecule has 1 aromatic heterocycles. The summed E-state index contributed by atoms with van der Waals surface area (Å²) in [6, 6.07) is 12.9. The molecule has 0 bridgehead atoms. The zero-order valence-corrected chi connectivity index (χ0v) is 21.5. The Hall–Kier alpha value is -3.23. The number of nitrogens with zero attached hydrogens (tertiary/aromatic N) is 2. The molecule has 0 amide bonds. The lowest BCUT2D eigenvalue weighted by Crippen LogP contribution is -2.43. The van der Waals surface area contributed by atoms with Gasteiger partial charge in [0.05, 0.1) is 24.9 Å². The Balaban J connectivity index is 0.000000333. The average molecular weight is 581 g/mol. The van der Waals surface area contributed by atoms with Gasteiger partial charge in [-0.05, 0) is 37.0 Å². The van der Waals surface area contributed by atoms with Gasteiger partial charge in [0.1, 0.15) is 0 Å². The number of ether oxygens (including phenoxy) is 2. The number of aromatic nitrogens is 1. The molecule has 2 fully saturated rings. The van der Waals surface area contributed by atoms with Crippen LogP contribution in [0.15, 0.2) is 48.8 Å². The molecule has 2 aliphatic rings. The Kier molecular flexibility index (Phi) is 11.9. The number of halogens is 6. The first kappa shape index (κ1) is 33.0. The lowest BCUT2D eigenvalue weighted by molar-refractivity contribution is -0.193. The highest BCUT2D eigenvalue weighted by Gasteiger charge is 2.43. The van der Waals surface area contributed by atoms with E-state index in [4.69, 9.17) is 29.3 Å². The number of carboxylic acid groups (broad SMARTS) is 2. The van der Waals surface area contributed by atoms with Crippen molar-refractivity contribution >= 4 is 11.9 Å². The van der Waals surface area contributed by atoms with Crippen LogP contribution in [0.3, 0.4) is 0 Å². The minimum Gasteiger partial charge on any atom is -0.475 e. The minimum atomic E-state index is -5.08. The normalized spacial score (nSPS) is 18.7. The molecule has 3 heterocycles. The van der Waals surface area contributed by atoms with E-state index >= 15 is 0 Å². The highest BCUT2D eigenvalue weighted by atomic mass is 19.4. The number of pyridine rings is 1. The van der Waals surface area contributed by atoms with Gasteiger partial charge in [0.25, 0.3) is 0 Å². The predicted molar refractivity (Wildman–Crippen MR) is 129 cm³/mol. The number of rotatable bonds is 5. The molecule has 14 heteroatoms. The standard InChI is InChI=1S/C22H28N2O2.2C2HF3O2/c1-18-4-6-19(7-5-18)15-24-11-8-22(9-12-24)13-21(17-26-22)25-16-20-3-2-10-23-14-20;2*3-2(4,5)1(6)7/h2-7,10,14,21H,8-9,11-13,15-17H2,1H3;2*(H,6,7). The van der Waals surface area contributed by atoms with Gasteiger partial charge in [0.2, 0.25) is 0 Å². The average Bonchev–Trinajstić information content (AvgIpc) is 3.28. The number of alkyl halides is 6. The fourth-order valence-corrected chi connectivity index (χ4v) is 4.03. The van der Waals surface area contributed by atoms with E-state index in [0.717, 1.165) is 51.1 Å². The van der Waals surface area contributed by atoms with Crippen LogP contribution in [0.25, 0.3) is 0 Å². The maximum atomic E-state index is 10.6. The summed E-state index contributed by atoms with van der Waals surface area (Å²) in [5.41, 5.74) is 3.88. The second-order valence-corrected chi connectivity index (χ2v) is 9.36. The molecule has 2 aliphatic heterocycles. The third-order valence-electron chi connectivity index (χ3n) is 6.16. The third-order valence-corrected chi connectivity index (χ3v) is 6.16. The second kappa shape index (κ2) is 14.4. The summed E-state index contributed by atoms with van der Waals surface area (Å²) in [4.78, 5) is 24.5. The van der Waals surface area contributed by atoms with Crippen LogP contribution in [0.4, 0.5) is 26.3 Å². The molecule has 0 radical (unpaired) electrons. The van der Waals surface area contributed by atoms with E-state index in [1.165, 1.54) is 11.1 Å². The number of hydrogen-bond donors (Lipinski definition) is 2. The molecule has 0 aliphatic carbocycles. The Morgan fingerprint density at radius 3 is 2.02 bits per heavy atom. The van der Waals surface area contributed by atoms with Crippen LogP contribution >= 0.6 is 0 Å². The van der Waals surface area contributed by atoms with Crippen molar-refractivity contribution in [1.82, 2.24) is 9.88 Å². The molecule has 1 aromatic carbocycles. The SMILES string of the molecule is Cc1ccc(CN2CCC3(CC2)CC(OCc2cccnc2)CO3)cc1.O=C(O)C(F)(F)F.O=C(O)C(F)(F)F. The van der Waals surface area contributed by atoms with Crippen molar-refractivity contribution in [2.75, 3.05) is 19.7 Å². The topological polar surface area (TPSA) is 109 Å². The maximum absolute atomic E-state index is 10.6. The van der Waals surface area contributed by atoms with Crippen molar-refractivity contribution in [3.05, 3.63) is 65.5 Å². The third kappa shape index (κ3) is 11.5. The highest BCUT2D eigenvalue weighted by molar-refractivity contribution is 5.73. The van der Waals surface area contributed by atoms with Gasteiger partial charge in [0.15, 0.2) is 0 Å². The number of likely N-dealkylation sites (tertiary alicyclic amines) is 1. The number of carbonyl (C=O) groups is 2. The van der Waals surface area contributed by atoms with Gasteiger partial charge in [0, 0.05) is 38.4 Å². The molecule has 40 heavy (non-hydrogen) atoms. The van der Waals surface area contributed by atoms with Crippen molar-refractivity contribution in [3.8, 4) is 0 Å². The van der Waals surface area contributed by atoms with Gasteiger partial charge in [-0.25, -0.2) is 9.59 Å². The fraction of sp³-hybridized carbons (Fsp3) is 0.500. The molecule has 2 aromatic rings. The molecule has 4 rings (SSSR count). The van der Waals surface area contributed by atoms with Crippen LogP contribution in [0, 0.1) is 6.92 Å². The predicted octanol–water partition coefficient (Wildman–Crippen LogP) is 5.00. The first-order chi connectivity index (χ1) is 18.6. The van der Waals surface area contributed by atoms with Crippen LogP contribution in [0.5, 0.6) is 0 Å². The Labute approximate surface area is 226 Å². The summed E-state index contributed by atoms with van der Waals surface area (Å²) in [6.45, 7) is 6.72. The van der Waals surface area contributed by atoms with Crippen LogP contribution in [0.1, 0.15) is 36.0 Å². The highest BCUT2D eigenvalue weighted by Crippen LogP contribution is 2.37. The van der Waals surface area contributed by atoms with E-state index in [2.05, 4.69) is 47.1 Å². The van der Waals surface area contributed by atoms with E-state index < -0.39 is 24.3 Å². The van der Waals surface area contributed by atoms with Crippen LogP contribution in [-0.4, -0.2) is 75.8 Å². The first-order valence-corrected chi connectivity index (χ1v) is 12.1. The number of carboxylic acids is 2. The Morgan fingerprint density at radius 2 is 1.55 bits per heavy atom. The lowest BCUT2D eigenvalue weighted by atomic mass is 9.88. The van der Waals surface area contributed by atoms with Crippen molar-refractivity contribution in [1.29, 1.82) is 0 Å². The molecule has 1 spiro atoms. The Morgan fingerprint density at radius 1 is 1.00 bits per heavy atom. The summed E-state index contributed by atoms with van der Waals surface area (Å²) in [5.74, 6) is -5.51. The summed E-state index contributed by atoms with van der Waals surface area (Å²) in [5, 5.41) is 14.2. The molecule has 2 saturated heterocycles. The van der Waals surface area contributed by atoms with E-state index in [9.17, 15) is 26.3 Å². The number of aliphatic carboxylic acids is 2. The van der Waals surface area contributed by atoms with Gasteiger partial charge >= 0.3 is 24.3 Å². The zero-order chi connectivity index (χ0) is 30.0. The van der Waals surface area contributed by atoms with Crippen molar-refractivity contribution in [3.63, 3.8) is 0 Å². The van der Waals surface area contributed by atoms with E-state index in [0.29, 0.717) is 6.61 Å². The molecule has 8 nitrogen and oxygen atoms in total. The van der Waals surface area contributed by atoms with Crippen molar-refractivity contribution in [2.24, 2.45) is 0 Å². The lowest BCUT2D eigenvalue weighted by Gasteiger charge is -2.38. The Bertz CT molecular complexity index is 1050. The van der Waals surface area contributed by atoms with Gasteiger partial charge in [-0.1, -0.05) is 35.9 Å². The molecule has 2 N–H and O–H groups in total. The summed E-state index contributed by atoms with van der Waals surface area (Å²) < 4.78 is 75.8. The molecular formula is C26H30F6N2O6. The summed E-state index contributed by atoms with van der Waals surface area (Å²) in [7, 11) is 0. The summed E-state index contributed by atoms with van der Waals surface area (Å²) in [6.07, 6.45) is -3.07. The van der Waals surface area contributed by atoms with Gasteiger partial charge in [-0.15, -0.1) is 0 Å². The number of benzene rings is 1. The minimum absolute atomic E-state index is 0.0311. The number of piperidine rings is 1. The fourth-order valence-electron chi connectivity index (χ4n) is 4.03. The van der Waals surface area contributed by atoms with Gasteiger partial charge in [-0.2, -0.15) is 26.3 Å². The zero-order valence-electron chi connectivity index (χ0n) is 21.5. The van der Waals surface area contributed by atoms with Crippen LogP contribution in [0.2, 0.25) is 0 Å². The van der Waals surface area contributed by atoms with E-state index in [-0.39, 0.29) is 11.7 Å². The molecule has 1 unspecified atom stereocenters. The smallest absolute Gasteiger partial charge is 0.475 e. The largest absolute Gasteiger partial charge is 0.490 e. The summed E-state index contributed by atoms with van der Waals surface area (Å²) >= 11 is 0. The quantitative estimate of drug-likeness (QED) is 0.476. The number of aryl methyl sites for hydroxylation is 1. The van der Waals surface area contributed by atoms with Gasteiger partial charge in [-0.3, -0.25) is 9.88 Å². The number of hydrogen-bond acceptors (Lipinski definition) is 6. The molecule has 1 atom stereocenters. The van der Waals surface area contributed by atoms with Gasteiger partial charge < -0.3 is 19.7 Å².